The molecule has 0 heterocycles. The Kier molecular flexibility index (Phi) is 22.4. The van der Waals surface area contributed by atoms with Crippen molar-refractivity contribution >= 4 is 44.1 Å². The molecule has 2 N–H and O–H groups in total. The molecule has 0 saturated heterocycles. The van der Waals surface area contributed by atoms with E-state index in [0.29, 0.717) is 84.8 Å². The average Bonchev–Trinajstić information content (AvgIpc) is 3.30. The molecule has 0 aliphatic heterocycles. The quantitative estimate of drug-likeness (QED) is 0.0416. The van der Waals surface area contributed by atoms with Gasteiger partial charge in [-0.15, -0.1) is 0 Å². The zero-order valence-corrected chi connectivity index (χ0v) is 36.7. The number of hydrogen-bond donors (Lipinski definition) is 2. The molecular weight excluding hydrogens is 817 g/mol. The van der Waals surface area contributed by atoms with Crippen molar-refractivity contribution in [2.24, 2.45) is 0 Å². The number of ether oxygens (including phenoxy) is 12. The highest BCUT2D eigenvalue weighted by atomic mass is 16.6. The topological polar surface area (TPSA) is 169 Å². The molecule has 5 aromatic rings. The number of rotatable bonds is 35. The van der Waals surface area contributed by atoms with Crippen LogP contribution >= 0.6 is 0 Å². The Balaban J connectivity index is 1.23. The van der Waals surface area contributed by atoms with Crippen LogP contribution in [0.1, 0.15) is 20.7 Å². The molecule has 344 valence electrons. The van der Waals surface area contributed by atoms with Crippen LogP contribution in [-0.2, 0) is 42.6 Å². The van der Waals surface area contributed by atoms with Crippen LogP contribution in [-0.4, -0.2) is 165 Å². The summed E-state index contributed by atoms with van der Waals surface area (Å²) in [5.74, 6) is 0.201. The molecule has 0 bridgehead atoms. The van der Waals surface area contributed by atoms with Crippen molar-refractivity contribution in [3.05, 3.63) is 77.9 Å². The molecule has 0 atom stereocenters. The first-order valence-electron chi connectivity index (χ1n) is 21.3. The largest absolute Gasteiger partial charge is 0.487 e. The molecule has 0 saturated carbocycles. The van der Waals surface area contributed by atoms with Crippen molar-refractivity contribution in [2.45, 2.75) is 0 Å². The summed E-state index contributed by atoms with van der Waals surface area (Å²) in [6, 6.07) is 21.4. The van der Waals surface area contributed by atoms with Gasteiger partial charge in [-0.3, -0.25) is 9.59 Å². The van der Waals surface area contributed by atoms with Gasteiger partial charge in [0.05, 0.1) is 99.1 Å². The van der Waals surface area contributed by atoms with Crippen LogP contribution in [0.4, 0.5) is 0 Å². The van der Waals surface area contributed by atoms with Crippen LogP contribution in [0.15, 0.2) is 66.7 Å². The predicted octanol–water partition coefficient (Wildman–Crippen LogP) is 4.92. The zero-order chi connectivity index (χ0) is 44.3. The summed E-state index contributed by atoms with van der Waals surface area (Å²) < 4.78 is 67.0. The van der Waals surface area contributed by atoms with Crippen molar-refractivity contribution in [2.75, 3.05) is 153 Å². The Morgan fingerprint density at radius 2 is 0.825 bits per heavy atom. The lowest BCUT2D eigenvalue weighted by Gasteiger charge is -2.19. The summed E-state index contributed by atoms with van der Waals surface area (Å²) in [6.07, 6.45) is 0. The van der Waals surface area contributed by atoms with E-state index in [1.54, 1.807) is 33.5 Å². The number of carbonyl (C=O) groups excluding carboxylic acids is 2. The van der Waals surface area contributed by atoms with E-state index in [4.69, 9.17) is 56.8 Å². The summed E-state index contributed by atoms with van der Waals surface area (Å²) in [7, 11) is 4.85. The van der Waals surface area contributed by atoms with E-state index in [-0.39, 0.29) is 81.4 Å². The maximum Gasteiger partial charge on any atom is 0.251 e. The molecule has 5 aromatic carbocycles. The van der Waals surface area contributed by atoms with Gasteiger partial charge in [0.2, 0.25) is 5.75 Å². The summed E-state index contributed by atoms with van der Waals surface area (Å²) in [6.45, 7) is 6.81. The maximum absolute atomic E-state index is 13.7. The number of methoxy groups -OCH3 is 3. The first-order chi connectivity index (χ1) is 31.0. The summed E-state index contributed by atoms with van der Waals surface area (Å²) in [5.41, 5.74) is 0.826. The highest BCUT2D eigenvalue weighted by Crippen LogP contribution is 2.39. The molecule has 16 heteroatoms. The van der Waals surface area contributed by atoms with Crippen molar-refractivity contribution in [3.8, 4) is 17.2 Å². The monoisotopic (exact) mass is 878 g/mol. The molecule has 0 unspecified atom stereocenters. The summed E-state index contributed by atoms with van der Waals surface area (Å²) in [4.78, 5) is 27.3. The smallest absolute Gasteiger partial charge is 0.251 e. The lowest BCUT2D eigenvalue weighted by molar-refractivity contribution is 0.0146. The molecule has 0 aliphatic rings. The first kappa shape index (κ1) is 49.1. The second-order valence-electron chi connectivity index (χ2n) is 14.0. The SMILES string of the molecule is COCCOCCOCCOc1cc(C(=O)NCCNC(=O)c2ccc3ccc4cccc5ccc2c3c45)cc(OCCOCCOCCOC)c1OCCOCCOCCOC. The second kappa shape index (κ2) is 28.7. The van der Waals surface area contributed by atoms with Crippen molar-refractivity contribution < 1.29 is 66.4 Å². The molecule has 0 radical (unpaired) electrons. The molecule has 5 rings (SSSR count). The number of benzene rings is 5. The molecule has 0 aromatic heterocycles. The van der Waals surface area contributed by atoms with Crippen LogP contribution in [0.2, 0.25) is 0 Å². The van der Waals surface area contributed by atoms with E-state index in [9.17, 15) is 9.59 Å². The van der Waals surface area contributed by atoms with E-state index in [2.05, 4.69) is 34.9 Å². The number of carbonyl (C=O) groups is 2. The normalized spacial score (nSPS) is 11.5. The van der Waals surface area contributed by atoms with E-state index < -0.39 is 5.91 Å². The van der Waals surface area contributed by atoms with Crippen molar-refractivity contribution in [3.63, 3.8) is 0 Å². The van der Waals surface area contributed by atoms with Gasteiger partial charge in [0.15, 0.2) is 11.5 Å². The number of hydrogen-bond acceptors (Lipinski definition) is 14. The van der Waals surface area contributed by atoms with Gasteiger partial charge < -0.3 is 67.5 Å². The minimum absolute atomic E-state index is 0.148. The van der Waals surface area contributed by atoms with E-state index >= 15 is 0 Å². The third kappa shape index (κ3) is 16.0. The minimum atomic E-state index is -0.404. The second-order valence-corrected chi connectivity index (χ2v) is 14.0. The number of nitrogens with one attached hydrogen (secondary N) is 2. The predicted molar refractivity (Wildman–Crippen MR) is 238 cm³/mol. The van der Waals surface area contributed by atoms with Crippen LogP contribution in [0.5, 0.6) is 17.2 Å². The molecule has 0 aliphatic carbocycles. The number of amides is 2. The fourth-order valence-electron chi connectivity index (χ4n) is 6.56. The minimum Gasteiger partial charge on any atom is -0.487 e. The third-order valence-corrected chi connectivity index (χ3v) is 9.61. The van der Waals surface area contributed by atoms with Gasteiger partial charge in [-0.05, 0) is 50.5 Å². The molecular formula is C47H62N2O14. The first-order valence-corrected chi connectivity index (χ1v) is 21.3. The fraction of sp³-hybridized carbons (Fsp3) is 0.489. The highest BCUT2D eigenvalue weighted by Gasteiger charge is 2.20. The standard InChI is InChI=1S/C47H62N2O14/c1-52-15-18-55-21-24-58-27-30-61-41-33-38(34-42(62-31-28-59-25-22-56-19-16-53-2)45(41)63-32-29-60-26-23-57-20-17-54-3)46(50)48-13-14-49-47(51)40-12-10-37-8-7-35-5-4-6-36-9-11-39(40)44(37)43(35)36/h4-12,33-34H,13-32H2,1-3H3,(H,48,50)(H,49,51). The van der Waals surface area contributed by atoms with Gasteiger partial charge in [0, 0.05) is 45.5 Å². The average molecular weight is 879 g/mol. The van der Waals surface area contributed by atoms with Gasteiger partial charge in [0.25, 0.3) is 11.8 Å². The summed E-state index contributed by atoms with van der Waals surface area (Å²) >= 11 is 0. The van der Waals surface area contributed by atoms with E-state index in [1.807, 2.05) is 30.3 Å². The van der Waals surface area contributed by atoms with Gasteiger partial charge in [-0.1, -0.05) is 48.5 Å². The van der Waals surface area contributed by atoms with Crippen LogP contribution in [0, 0.1) is 0 Å². The van der Waals surface area contributed by atoms with Crippen LogP contribution in [0.3, 0.4) is 0 Å². The van der Waals surface area contributed by atoms with Crippen LogP contribution in [0.25, 0.3) is 32.3 Å². The Labute approximate surface area is 368 Å². The summed E-state index contributed by atoms with van der Waals surface area (Å²) in [5, 5.41) is 12.3. The van der Waals surface area contributed by atoms with E-state index in [0.717, 1.165) is 32.3 Å². The Bertz CT molecular complexity index is 2020. The van der Waals surface area contributed by atoms with Gasteiger partial charge in [0.1, 0.15) is 19.8 Å². The highest BCUT2D eigenvalue weighted by molar-refractivity contribution is 6.26. The van der Waals surface area contributed by atoms with Gasteiger partial charge >= 0.3 is 0 Å². The Morgan fingerprint density at radius 3 is 1.32 bits per heavy atom. The Morgan fingerprint density at radius 1 is 0.429 bits per heavy atom. The molecule has 0 spiro atoms. The lowest BCUT2D eigenvalue weighted by Crippen LogP contribution is -2.34. The zero-order valence-electron chi connectivity index (χ0n) is 36.7. The third-order valence-electron chi connectivity index (χ3n) is 9.61. The fourth-order valence-corrected chi connectivity index (χ4v) is 6.56. The molecule has 2 amide bonds. The molecule has 0 fully saturated rings. The van der Waals surface area contributed by atoms with Crippen molar-refractivity contribution in [1.29, 1.82) is 0 Å². The molecule has 16 nitrogen and oxygen atoms in total. The van der Waals surface area contributed by atoms with Gasteiger partial charge in [-0.25, -0.2) is 0 Å². The van der Waals surface area contributed by atoms with Gasteiger partial charge in [-0.2, -0.15) is 0 Å². The maximum atomic E-state index is 13.7. The molecule has 63 heavy (non-hydrogen) atoms. The van der Waals surface area contributed by atoms with E-state index in [1.165, 1.54) is 0 Å². The van der Waals surface area contributed by atoms with Crippen molar-refractivity contribution in [1.82, 2.24) is 10.6 Å². The van der Waals surface area contributed by atoms with Crippen LogP contribution < -0.4 is 24.8 Å². The Hall–Kier alpha value is -4.88. The lowest BCUT2D eigenvalue weighted by atomic mass is 9.92.